The lowest BCUT2D eigenvalue weighted by Gasteiger charge is -2.37. The van der Waals surface area contributed by atoms with E-state index in [1.807, 2.05) is 0 Å². The third-order valence-electron chi connectivity index (χ3n) is 2.88. The van der Waals surface area contributed by atoms with E-state index in [1.165, 1.54) is 11.8 Å². The van der Waals surface area contributed by atoms with E-state index in [0.717, 1.165) is 0 Å². The second-order valence-corrected chi connectivity index (χ2v) is 5.19. The molecule has 8 heteroatoms. The Morgan fingerprint density at radius 3 is 2.84 bits per heavy atom. The SMILES string of the molecule is OCC#CCN=C1N[C@@H]2[C@@H](O)[C@H](O)[C@@H](CF)O[C@@H]2S1. The highest BCUT2D eigenvalue weighted by molar-refractivity contribution is 8.14. The van der Waals surface area contributed by atoms with Gasteiger partial charge in [-0.15, -0.1) is 0 Å². The van der Waals surface area contributed by atoms with Crippen LogP contribution in [0.15, 0.2) is 4.99 Å². The number of rotatable bonds is 2. The minimum atomic E-state index is -1.26. The molecule has 106 valence electrons. The number of alkyl halides is 1. The van der Waals surface area contributed by atoms with Crippen molar-refractivity contribution in [3.8, 4) is 11.8 Å². The van der Waals surface area contributed by atoms with Gasteiger partial charge in [0.25, 0.3) is 0 Å². The Kier molecular flexibility index (Phi) is 5.01. The number of thioether (sulfide) groups is 1. The molecule has 5 atom stereocenters. The van der Waals surface area contributed by atoms with E-state index in [2.05, 4.69) is 22.2 Å². The molecule has 0 radical (unpaired) electrons. The van der Waals surface area contributed by atoms with E-state index in [1.54, 1.807) is 0 Å². The molecule has 0 aliphatic carbocycles. The number of aliphatic hydroxyl groups is 3. The first-order valence-corrected chi connectivity index (χ1v) is 6.67. The molecular weight excluding hydrogens is 275 g/mol. The Morgan fingerprint density at radius 1 is 1.37 bits per heavy atom. The van der Waals surface area contributed by atoms with Crippen molar-refractivity contribution in [1.29, 1.82) is 0 Å². The highest BCUT2D eigenvalue weighted by Crippen LogP contribution is 2.33. The van der Waals surface area contributed by atoms with Gasteiger partial charge < -0.3 is 25.4 Å². The van der Waals surface area contributed by atoms with Crippen molar-refractivity contribution in [3.05, 3.63) is 0 Å². The van der Waals surface area contributed by atoms with E-state index in [9.17, 15) is 14.6 Å². The lowest BCUT2D eigenvalue weighted by Crippen LogP contribution is -2.59. The van der Waals surface area contributed by atoms with Crippen molar-refractivity contribution in [2.24, 2.45) is 4.99 Å². The number of aliphatic hydroxyl groups excluding tert-OH is 3. The smallest absolute Gasteiger partial charge is 0.160 e. The maximum absolute atomic E-state index is 12.6. The van der Waals surface area contributed by atoms with Crippen LogP contribution in [0.3, 0.4) is 0 Å². The van der Waals surface area contributed by atoms with Gasteiger partial charge in [-0.3, -0.25) is 0 Å². The van der Waals surface area contributed by atoms with Crippen LogP contribution in [0.2, 0.25) is 0 Å². The first-order chi connectivity index (χ1) is 9.17. The summed E-state index contributed by atoms with van der Waals surface area (Å²) < 4.78 is 18.0. The van der Waals surface area contributed by atoms with Crippen LogP contribution in [-0.2, 0) is 4.74 Å². The number of aliphatic imine (C=N–C) groups is 1. The Bertz CT molecular complexity index is 411. The van der Waals surface area contributed by atoms with Gasteiger partial charge in [-0.05, 0) is 0 Å². The van der Waals surface area contributed by atoms with Crippen LogP contribution >= 0.6 is 11.8 Å². The van der Waals surface area contributed by atoms with Gasteiger partial charge in [0, 0.05) is 0 Å². The van der Waals surface area contributed by atoms with Gasteiger partial charge in [-0.2, -0.15) is 0 Å². The molecule has 2 saturated heterocycles. The summed E-state index contributed by atoms with van der Waals surface area (Å²) in [6.45, 7) is -0.861. The van der Waals surface area contributed by atoms with E-state index < -0.39 is 36.5 Å². The Labute approximate surface area is 114 Å². The number of halogens is 1. The van der Waals surface area contributed by atoms with Gasteiger partial charge in [-0.1, -0.05) is 23.6 Å². The summed E-state index contributed by atoms with van der Waals surface area (Å²) in [7, 11) is 0. The molecular formula is C11H15FN2O4S. The second-order valence-electron chi connectivity index (χ2n) is 4.10. The monoisotopic (exact) mass is 290 g/mol. The highest BCUT2D eigenvalue weighted by atomic mass is 32.2. The summed E-state index contributed by atoms with van der Waals surface area (Å²) in [5.74, 6) is 5.09. The minimum absolute atomic E-state index is 0.209. The molecule has 0 aromatic carbocycles. The molecule has 0 aromatic heterocycles. The Balaban J connectivity index is 1.99. The fourth-order valence-corrected chi connectivity index (χ4v) is 3.04. The molecule has 0 saturated carbocycles. The molecule has 6 nitrogen and oxygen atoms in total. The van der Waals surface area contributed by atoms with Crippen molar-refractivity contribution in [3.63, 3.8) is 0 Å². The fourth-order valence-electron chi connectivity index (χ4n) is 1.91. The number of nitrogens with zero attached hydrogens (tertiary/aromatic N) is 1. The number of hydrogen-bond donors (Lipinski definition) is 4. The van der Waals surface area contributed by atoms with Crippen molar-refractivity contribution >= 4 is 16.9 Å². The van der Waals surface area contributed by atoms with Crippen LogP contribution in [-0.4, -0.2) is 70.1 Å². The van der Waals surface area contributed by atoms with Crippen molar-refractivity contribution in [2.75, 3.05) is 19.8 Å². The van der Waals surface area contributed by atoms with Crippen LogP contribution in [0.1, 0.15) is 0 Å². The summed E-state index contributed by atoms with van der Waals surface area (Å²) in [5.41, 5.74) is -0.483. The zero-order valence-corrected chi connectivity index (χ0v) is 10.8. The predicted molar refractivity (Wildman–Crippen MR) is 68.3 cm³/mol. The quantitative estimate of drug-likeness (QED) is 0.461. The molecule has 4 N–H and O–H groups in total. The maximum atomic E-state index is 12.6. The van der Waals surface area contributed by atoms with Gasteiger partial charge >= 0.3 is 0 Å². The topological polar surface area (TPSA) is 94.3 Å². The van der Waals surface area contributed by atoms with E-state index in [0.29, 0.717) is 5.17 Å². The zero-order valence-electron chi connectivity index (χ0n) is 9.99. The molecule has 2 rings (SSSR count). The molecule has 0 amide bonds. The molecule has 2 heterocycles. The predicted octanol–water partition coefficient (Wildman–Crippen LogP) is -1.54. The minimum Gasteiger partial charge on any atom is -0.388 e. The fraction of sp³-hybridized carbons (Fsp3) is 0.727. The van der Waals surface area contributed by atoms with Crippen LogP contribution < -0.4 is 5.32 Å². The second kappa shape index (κ2) is 6.54. The van der Waals surface area contributed by atoms with Gasteiger partial charge in [0.2, 0.25) is 0 Å². The molecule has 0 unspecified atom stereocenters. The number of ether oxygens (including phenoxy) is 1. The van der Waals surface area contributed by atoms with E-state index in [4.69, 9.17) is 9.84 Å². The lowest BCUT2D eigenvalue weighted by atomic mass is 9.99. The molecule has 0 bridgehead atoms. The molecule has 2 fully saturated rings. The van der Waals surface area contributed by atoms with Gasteiger partial charge in [-0.25, -0.2) is 9.38 Å². The summed E-state index contributed by atoms with van der Waals surface area (Å²) >= 11 is 1.23. The summed E-state index contributed by atoms with van der Waals surface area (Å²) in [4.78, 5) is 4.11. The highest BCUT2D eigenvalue weighted by Gasteiger charge is 2.48. The number of hydrogen-bond acceptors (Lipinski definition) is 6. The van der Waals surface area contributed by atoms with Gasteiger partial charge in [0.1, 0.15) is 43.6 Å². The molecule has 2 aliphatic rings. The lowest BCUT2D eigenvalue weighted by molar-refractivity contribution is -0.160. The average Bonchev–Trinajstić information content (AvgIpc) is 2.82. The number of nitrogens with one attached hydrogen (secondary N) is 1. The third-order valence-corrected chi connectivity index (χ3v) is 3.98. The van der Waals surface area contributed by atoms with Crippen molar-refractivity contribution in [2.45, 2.75) is 29.8 Å². The van der Waals surface area contributed by atoms with Gasteiger partial charge in [0.05, 0.1) is 6.04 Å². The standard InChI is InChI=1S/C11H15FN2O4S/c12-5-6-8(16)9(17)7-10(18-6)19-11(14-7)13-3-1-2-4-15/h6-10,15-17H,3-5H2,(H,13,14)/t6-,7-,8-,9-,10-/m1/s1. The number of fused-ring (bicyclic) bond motifs is 1. The van der Waals surface area contributed by atoms with Crippen LogP contribution in [0.4, 0.5) is 4.39 Å². The van der Waals surface area contributed by atoms with Crippen LogP contribution in [0, 0.1) is 11.8 Å². The van der Waals surface area contributed by atoms with E-state index >= 15 is 0 Å². The average molecular weight is 290 g/mol. The Hall–Kier alpha value is -0.850. The molecule has 0 aromatic rings. The van der Waals surface area contributed by atoms with Crippen LogP contribution in [0.5, 0.6) is 0 Å². The maximum Gasteiger partial charge on any atom is 0.160 e. The van der Waals surface area contributed by atoms with Crippen molar-refractivity contribution < 1.29 is 24.4 Å². The molecule has 19 heavy (non-hydrogen) atoms. The molecule has 2 aliphatic heterocycles. The Morgan fingerprint density at radius 2 is 2.16 bits per heavy atom. The van der Waals surface area contributed by atoms with Crippen LogP contribution in [0.25, 0.3) is 0 Å². The summed E-state index contributed by atoms with van der Waals surface area (Å²) in [6.07, 6.45) is -3.38. The summed E-state index contributed by atoms with van der Waals surface area (Å²) in [6, 6.07) is -0.521. The first kappa shape index (κ1) is 14.6. The molecule has 0 spiro atoms. The van der Waals surface area contributed by atoms with E-state index in [-0.39, 0.29) is 13.2 Å². The van der Waals surface area contributed by atoms with Gasteiger partial charge in [0.15, 0.2) is 5.17 Å². The third kappa shape index (κ3) is 3.19. The normalized spacial score (nSPS) is 39.4. The summed E-state index contributed by atoms with van der Waals surface area (Å²) in [5, 5.41) is 31.5. The first-order valence-electron chi connectivity index (χ1n) is 5.79. The zero-order chi connectivity index (χ0) is 13.8. The largest absolute Gasteiger partial charge is 0.388 e. The van der Waals surface area contributed by atoms with Crippen molar-refractivity contribution in [1.82, 2.24) is 5.32 Å². The number of amidine groups is 1.